The maximum atomic E-state index is 12.8. The van der Waals surface area contributed by atoms with E-state index in [0.29, 0.717) is 16.9 Å². The second-order valence-electron chi connectivity index (χ2n) is 6.52. The van der Waals surface area contributed by atoms with Crippen LogP contribution < -0.4 is 10.6 Å². The summed E-state index contributed by atoms with van der Waals surface area (Å²) in [6.07, 6.45) is 3.05. The Morgan fingerprint density at radius 2 is 1.52 bits per heavy atom. The Hall–Kier alpha value is -3.42. The van der Waals surface area contributed by atoms with E-state index in [4.69, 9.17) is 0 Å². The summed E-state index contributed by atoms with van der Waals surface area (Å²) in [6, 6.07) is 5.66. The third-order valence-electron chi connectivity index (χ3n) is 4.52. The van der Waals surface area contributed by atoms with Gasteiger partial charge >= 0.3 is 0 Å². The monoisotopic (exact) mass is 366 g/mol. The van der Waals surface area contributed by atoms with E-state index >= 15 is 0 Å². The lowest BCUT2D eigenvalue weighted by Crippen LogP contribution is -2.21. The Bertz CT molecular complexity index is 1030. The van der Waals surface area contributed by atoms with Gasteiger partial charge in [-0.1, -0.05) is 17.7 Å². The second-order valence-corrected chi connectivity index (χ2v) is 6.52. The van der Waals surface area contributed by atoms with Crippen LogP contribution in [0.2, 0.25) is 0 Å². The first-order chi connectivity index (χ1) is 12.8. The number of aryl methyl sites for hydroxylation is 4. The van der Waals surface area contributed by atoms with Gasteiger partial charge in [-0.15, -0.1) is 0 Å². The highest BCUT2D eigenvalue weighted by Gasteiger charge is 2.21. The number of nitrogens with zero attached hydrogens (tertiary/aromatic N) is 4. The molecular weight excluding hydrogens is 344 g/mol. The number of benzene rings is 1. The van der Waals surface area contributed by atoms with E-state index in [1.165, 1.54) is 10.9 Å². The molecule has 2 amide bonds. The van der Waals surface area contributed by atoms with Crippen LogP contribution in [0.3, 0.4) is 0 Å². The number of rotatable bonds is 4. The van der Waals surface area contributed by atoms with E-state index in [1.807, 2.05) is 39.0 Å². The Balaban J connectivity index is 1.86. The average Bonchev–Trinajstić information content (AvgIpc) is 3.13. The number of hydrogen-bond acceptors (Lipinski definition) is 4. The SMILES string of the molecule is Cc1ccc(C)c(C(=O)Nc2cnn(C)c2C(=O)Nc2cnn(C)c2C)c1. The molecule has 0 aliphatic rings. The fourth-order valence-corrected chi connectivity index (χ4v) is 2.77. The number of aromatic nitrogens is 4. The van der Waals surface area contributed by atoms with Crippen molar-refractivity contribution in [3.8, 4) is 0 Å². The van der Waals surface area contributed by atoms with E-state index < -0.39 is 0 Å². The summed E-state index contributed by atoms with van der Waals surface area (Å²) in [5.41, 5.74) is 4.45. The molecule has 0 spiro atoms. The van der Waals surface area contributed by atoms with Crippen molar-refractivity contribution in [3.05, 3.63) is 58.7 Å². The van der Waals surface area contributed by atoms with Gasteiger partial charge in [-0.3, -0.25) is 19.0 Å². The standard InChI is InChI=1S/C19H22N6O2/c1-11-6-7-12(2)14(8-11)18(26)23-16-10-21-25(5)17(16)19(27)22-15-9-20-24(4)13(15)3/h6-10H,1-5H3,(H,22,27)(H,23,26). The minimum atomic E-state index is -0.373. The molecule has 0 bridgehead atoms. The molecule has 3 rings (SSSR count). The highest BCUT2D eigenvalue weighted by Crippen LogP contribution is 2.20. The van der Waals surface area contributed by atoms with Crippen LogP contribution in [-0.2, 0) is 14.1 Å². The first-order valence-electron chi connectivity index (χ1n) is 8.48. The topological polar surface area (TPSA) is 93.8 Å². The van der Waals surface area contributed by atoms with Gasteiger partial charge < -0.3 is 10.6 Å². The van der Waals surface area contributed by atoms with Crippen LogP contribution in [0.15, 0.2) is 30.6 Å². The molecule has 0 saturated carbocycles. The second kappa shape index (κ2) is 7.06. The predicted molar refractivity (Wildman–Crippen MR) is 103 cm³/mol. The highest BCUT2D eigenvalue weighted by atomic mass is 16.2. The number of nitrogens with one attached hydrogen (secondary N) is 2. The van der Waals surface area contributed by atoms with Crippen molar-refractivity contribution in [2.75, 3.05) is 10.6 Å². The van der Waals surface area contributed by atoms with Crippen LogP contribution in [0.4, 0.5) is 11.4 Å². The van der Waals surface area contributed by atoms with Gasteiger partial charge in [0.1, 0.15) is 5.69 Å². The van der Waals surface area contributed by atoms with Crippen LogP contribution in [0.25, 0.3) is 0 Å². The number of hydrogen-bond donors (Lipinski definition) is 2. The van der Waals surface area contributed by atoms with Gasteiger partial charge in [0.25, 0.3) is 11.8 Å². The van der Waals surface area contributed by atoms with Gasteiger partial charge in [0, 0.05) is 19.7 Å². The number of carbonyl (C=O) groups excluding carboxylic acids is 2. The first kappa shape index (κ1) is 18.4. The Morgan fingerprint density at radius 1 is 0.889 bits per heavy atom. The smallest absolute Gasteiger partial charge is 0.276 e. The van der Waals surface area contributed by atoms with Crippen LogP contribution >= 0.6 is 0 Å². The third kappa shape index (κ3) is 3.59. The van der Waals surface area contributed by atoms with Gasteiger partial charge in [-0.2, -0.15) is 10.2 Å². The summed E-state index contributed by atoms with van der Waals surface area (Å²) < 4.78 is 3.10. The van der Waals surface area contributed by atoms with Crippen LogP contribution in [0, 0.1) is 20.8 Å². The lowest BCUT2D eigenvalue weighted by molar-refractivity contribution is 0.101. The molecule has 0 atom stereocenters. The molecule has 8 nitrogen and oxygen atoms in total. The summed E-state index contributed by atoms with van der Waals surface area (Å²) >= 11 is 0. The van der Waals surface area contributed by atoms with Crippen LogP contribution in [0.5, 0.6) is 0 Å². The van der Waals surface area contributed by atoms with Gasteiger partial charge in [-0.25, -0.2) is 0 Å². The molecule has 140 valence electrons. The molecule has 0 unspecified atom stereocenters. The van der Waals surface area contributed by atoms with Crippen LogP contribution in [-0.4, -0.2) is 31.4 Å². The molecule has 2 aromatic heterocycles. The molecule has 0 radical (unpaired) electrons. The first-order valence-corrected chi connectivity index (χ1v) is 8.48. The molecule has 27 heavy (non-hydrogen) atoms. The van der Waals surface area contributed by atoms with Crippen molar-refractivity contribution in [3.63, 3.8) is 0 Å². The lowest BCUT2D eigenvalue weighted by atomic mass is 10.1. The van der Waals surface area contributed by atoms with Crippen molar-refractivity contribution in [2.24, 2.45) is 14.1 Å². The van der Waals surface area contributed by atoms with Crippen molar-refractivity contribution in [1.29, 1.82) is 0 Å². The van der Waals surface area contributed by atoms with E-state index in [2.05, 4.69) is 20.8 Å². The zero-order valence-electron chi connectivity index (χ0n) is 16.0. The number of anilines is 2. The average molecular weight is 366 g/mol. The zero-order chi connectivity index (χ0) is 19.7. The summed E-state index contributed by atoms with van der Waals surface area (Å²) in [6.45, 7) is 5.65. The Labute approximate surface area is 157 Å². The van der Waals surface area contributed by atoms with Crippen LogP contribution in [0.1, 0.15) is 37.7 Å². The van der Waals surface area contributed by atoms with E-state index in [-0.39, 0.29) is 17.5 Å². The maximum absolute atomic E-state index is 12.8. The lowest BCUT2D eigenvalue weighted by Gasteiger charge is -2.10. The molecule has 3 aromatic rings. The molecule has 0 saturated heterocycles. The maximum Gasteiger partial charge on any atom is 0.276 e. The van der Waals surface area contributed by atoms with Gasteiger partial charge in [-0.05, 0) is 32.4 Å². The minimum absolute atomic E-state index is 0.261. The van der Waals surface area contributed by atoms with E-state index in [9.17, 15) is 9.59 Å². The molecular formula is C19H22N6O2. The van der Waals surface area contributed by atoms with Crippen molar-refractivity contribution in [1.82, 2.24) is 19.6 Å². The number of amides is 2. The summed E-state index contributed by atoms with van der Waals surface area (Å²) in [7, 11) is 3.45. The Kier molecular flexibility index (Phi) is 4.81. The minimum Gasteiger partial charge on any atom is -0.319 e. The van der Waals surface area contributed by atoms with Gasteiger partial charge in [0.2, 0.25) is 0 Å². The van der Waals surface area contributed by atoms with Crippen molar-refractivity contribution in [2.45, 2.75) is 20.8 Å². The molecule has 1 aromatic carbocycles. The fourth-order valence-electron chi connectivity index (χ4n) is 2.77. The highest BCUT2D eigenvalue weighted by molar-refractivity contribution is 6.12. The Morgan fingerprint density at radius 3 is 2.19 bits per heavy atom. The normalized spacial score (nSPS) is 10.7. The molecule has 2 heterocycles. The van der Waals surface area contributed by atoms with Gasteiger partial charge in [0.05, 0.1) is 29.5 Å². The third-order valence-corrected chi connectivity index (χ3v) is 4.52. The molecule has 8 heteroatoms. The fraction of sp³-hybridized carbons (Fsp3) is 0.263. The quantitative estimate of drug-likeness (QED) is 0.742. The summed E-state index contributed by atoms with van der Waals surface area (Å²) in [4.78, 5) is 25.5. The molecule has 0 aliphatic heterocycles. The zero-order valence-corrected chi connectivity index (χ0v) is 16.0. The largest absolute Gasteiger partial charge is 0.319 e. The molecule has 0 fully saturated rings. The number of carbonyl (C=O) groups is 2. The predicted octanol–water partition coefficient (Wildman–Crippen LogP) is 2.58. The molecule has 0 aliphatic carbocycles. The van der Waals surface area contributed by atoms with Crippen molar-refractivity contribution < 1.29 is 9.59 Å². The van der Waals surface area contributed by atoms with E-state index in [1.54, 1.807) is 25.0 Å². The molecule has 2 N–H and O–H groups in total. The summed E-state index contributed by atoms with van der Waals surface area (Å²) in [5, 5.41) is 13.8. The van der Waals surface area contributed by atoms with Crippen molar-refractivity contribution >= 4 is 23.2 Å². The summed E-state index contributed by atoms with van der Waals surface area (Å²) in [5.74, 6) is -0.654. The van der Waals surface area contributed by atoms with Gasteiger partial charge in [0.15, 0.2) is 0 Å². The van der Waals surface area contributed by atoms with E-state index in [0.717, 1.165) is 16.8 Å².